The van der Waals surface area contributed by atoms with Gasteiger partial charge < -0.3 is 5.32 Å². The quantitative estimate of drug-likeness (QED) is 0.800. The zero-order valence-electron chi connectivity index (χ0n) is 16.0. The molecule has 0 amide bonds. The van der Waals surface area contributed by atoms with Crippen molar-refractivity contribution in [3.8, 4) is 0 Å². The molecular weight excluding hydrogens is 392 g/mol. The third kappa shape index (κ3) is 4.02. The van der Waals surface area contributed by atoms with E-state index < -0.39 is 0 Å². The van der Waals surface area contributed by atoms with Gasteiger partial charge in [0.05, 0.1) is 16.9 Å². The van der Waals surface area contributed by atoms with E-state index in [0.717, 1.165) is 54.7 Å². The fourth-order valence-corrected chi connectivity index (χ4v) is 4.22. The summed E-state index contributed by atoms with van der Waals surface area (Å²) in [7, 11) is 0. The van der Waals surface area contributed by atoms with Gasteiger partial charge in [-0.2, -0.15) is 0 Å². The largest absolute Gasteiger partial charge is 0.313 e. The van der Waals surface area contributed by atoms with Crippen LogP contribution in [0.3, 0.4) is 0 Å². The molecule has 0 saturated carbocycles. The highest BCUT2D eigenvalue weighted by atomic mass is 79.9. The molecule has 1 aromatic heterocycles. The fraction of sp³-hybridized carbons (Fsp3) is 0.600. The molecule has 0 radical (unpaired) electrons. The lowest BCUT2D eigenvalue weighted by Crippen LogP contribution is -2.37. The van der Waals surface area contributed by atoms with Crippen molar-refractivity contribution in [3.63, 3.8) is 0 Å². The minimum absolute atomic E-state index is 0.0659. The molecule has 6 heteroatoms. The zero-order chi connectivity index (χ0) is 18.7. The van der Waals surface area contributed by atoms with Crippen LogP contribution in [0.25, 0.3) is 10.9 Å². The fourth-order valence-electron chi connectivity index (χ4n) is 3.86. The number of benzene rings is 1. The number of hydrogen-bond donors (Lipinski definition) is 1. The Morgan fingerprint density at radius 2 is 2.15 bits per heavy atom. The molecule has 1 unspecified atom stereocenters. The lowest BCUT2D eigenvalue weighted by atomic mass is 10.1. The van der Waals surface area contributed by atoms with Crippen molar-refractivity contribution in [3.05, 3.63) is 38.9 Å². The standard InChI is InChI=1S/C20H29BrN4O/c1-4-6-18(24-11-9-14(3)22-10-12-24)19-23-17-8-7-15(21)13-16(17)20(26)25(19)5-2/h7-8,13-14,18,22H,4-6,9-12H2,1-3H3/t14-,18?/m0/s1. The minimum Gasteiger partial charge on any atom is -0.313 e. The van der Waals surface area contributed by atoms with E-state index in [1.54, 1.807) is 0 Å². The van der Waals surface area contributed by atoms with E-state index in [1.807, 2.05) is 29.7 Å². The molecule has 0 spiro atoms. The van der Waals surface area contributed by atoms with Gasteiger partial charge in [-0.1, -0.05) is 29.3 Å². The summed E-state index contributed by atoms with van der Waals surface area (Å²) in [6.07, 6.45) is 3.21. The van der Waals surface area contributed by atoms with E-state index in [-0.39, 0.29) is 11.6 Å². The maximum Gasteiger partial charge on any atom is 0.261 e. The molecule has 0 aliphatic carbocycles. The summed E-state index contributed by atoms with van der Waals surface area (Å²) in [6, 6.07) is 6.51. The molecule has 1 saturated heterocycles. The van der Waals surface area contributed by atoms with E-state index in [1.165, 1.54) is 0 Å². The van der Waals surface area contributed by atoms with Crippen LogP contribution in [0.4, 0.5) is 0 Å². The Labute approximate surface area is 163 Å². The Morgan fingerprint density at radius 3 is 2.88 bits per heavy atom. The zero-order valence-corrected chi connectivity index (χ0v) is 17.6. The van der Waals surface area contributed by atoms with Crippen molar-refractivity contribution < 1.29 is 0 Å². The van der Waals surface area contributed by atoms with Gasteiger partial charge >= 0.3 is 0 Å². The number of rotatable bonds is 5. The maximum atomic E-state index is 13.1. The van der Waals surface area contributed by atoms with Gasteiger partial charge in [-0.15, -0.1) is 0 Å². The molecule has 0 bridgehead atoms. The molecule has 1 fully saturated rings. The van der Waals surface area contributed by atoms with Gasteiger partial charge in [-0.25, -0.2) is 4.98 Å². The number of nitrogens with one attached hydrogen (secondary N) is 1. The minimum atomic E-state index is 0.0659. The van der Waals surface area contributed by atoms with E-state index >= 15 is 0 Å². The summed E-state index contributed by atoms with van der Waals surface area (Å²) in [5, 5.41) is 4.25. The normalized spacial score (nSPS) is 20.2. The van der Waals surface area contributed by atoms with Gasteiger partial charge in [0.1, 0.15) is 5.82 Å². The van der Waals surface area contributed by atoms with Crippen molar-refractivity contribution in [2.24, 2.45) is 0 Å². The Kier molecular flexibility index (Phi) is 6.48. The molecule has 3 rings (SSSR count). The molecule has 2 atom stereocenters. The van der Waals surface area contributed by atoms with Gasteiger partial charge in [0, 0.05) is 36.7 Å². The van der Waals surface area contributed by atoms with Crippen molar-refractivity contribution >= 4 is 26.8 Å². The summed E-state index contributed by atoms with van der Waals surface area (Å²) < 4.78 is 2.79. The lowest BCUT2D eigenvalue weighted by molar-refractivity contribution is 0.184. The monoisotopic (exact) mass is 420 g/mol. The maximum absolute atomic E-state index is 13.1. The first-order valence-electron chi connectivity index (χ1n) is 9.72. The molecule has 5 nitrogen and oxygen atoms in total. The Morgan fingerprint density at radius 1 is 1.35 bits per heavy atom. The number of fused-ring (bicyclic) bond motifs is 1. The summed E-state index contributed by atoms with van der Waals surface area (Å²) >= 11 is 3.47. The molecule has 142 valence electrons. The second-order valence-electron chi connectivity index (χ2n) is 7.17. The van der Waals surface area contributed by atoms with Crippen LogP contribution in [0, 0.1) is 0 Å². The number of halogens is 1. The van der Waals surface area contributed by atoms with Crippen LogP contribution in [0.2, 0.25) is 0 Å². The molecule has 2 heterocycles. The van der Waals surface area contributed by atoms with Crippen molar-refractivity contribution in [2.75, 3.05) is 19.6 Å². The van der Waals surface area contributed by atoms with Crippen molar-refractivity contribution in [1.82, 2.24) is 19.8 Å². The Hall–Kier alpha value is -1.24. The highest BCUT2D eigenvalue weighted by Gasteiger charge is 2.26. The topological polar surface area (TPSA) is 50.2 Å². The molecule has 1 N–H and O–H groups in total. The third-order valence-electron chi connectivity index (χ3n) is 5.30. The SMILES string of the molecule is CCCC(c1nc2ccc(Br)cc2c(=O)n1CC)N1CCN[C@@H](C)CC1. The highest BCUT2D eigenvalue weighted by molar-refractivity contribution is 9.10. The summed E-state index contributed by atoms with van der Waals surface area (Å²) in [6.45, 7) is 10.1. The van der Waals surface area contributed by atoms with Crippen LogP contribution in [-0.4, -0.2) is 40.1 Å². The molecular formula is C20H29BrN4O. The Balaban J connectivity index is 2.09. The molecule has 1 aromatic carbocycles. The Bertz CT molecular complexity index is 819. The first-order valence-corrected chi connectivity index (χ1v) is 10.5. The van der Waals surface area contributed by atoms with Gasteiger partial charge in [0.25, 0.3) is 5.56 Å². The number of nitrogens with zero attached hydrogens (tertiary/aromatic N) is 3. The van der Waals surface area contributed by atoms with E-state index in [4.69, 9.17) is 4.98 Å². The second kappa shape index (κ2) is 8.63. The smallest absolute Gasteiger partial charge is 0.261 e. The number of aromatic nitrogens is 2. The van der Waals surface area contributed by atoms with Crippen LogP contribution in [0.5, 0.6) is 0 Å². The molecule has 1 aliphatic heterocycles. The predicted octanol–water partition coefficient (Wildman–Crippen LogP) is 3.70. The summed E-state index contributed by atoms with van der Waals surface area (Å²) in [5.41, 5.74) is 0.858. The molecule has 26 heavy (non-hydrogen) atoms. The average Bonchev–Trinajstić information content (AvgIpc) is 2.85. The van der Waals surface area contributed by atoms with Crippen LogP contribution in [0.15, 0.2) is 27.5 Å². The molecule has 1 aliphatic rings. The predicted molar refractivity (Wildman–Crippen MR) is 111 cm³/mol. The highest BCUT2D eigenvalue weighted by Crippen LogP contribution is 2.27. The summed E-state index contributed by atoms with van der Waals surface area (Å²) in [4.78, 5) is 20.6. The first-order chi connectivity index (χ1) is 12.5. The lowest BCUT2D eigenvalue weighted by Gasteiger charge is -2.31. The van der Waals surface area contributed by atoms with E-state index in [2.05, 4.69) is 40.0 Å². The van der Waals surface area contributed by atoms with E-state index in [9.17, 15) is 4.79 Å². The van der Waals surface area contributed by atoms with Gasteiger partial charge in [0.2, 0.25) is 0 Å². The van der Waals surface area contributed by atoms with Gasteiger partial charge in [0.15, 0.2) is 0 Å². The second-order valence-corrected chi connectivity index (χ2v) is 8.08. The van der Waals surface area contributed by atoms with Crippen LogP contribution in [-0.2, 0) is 6.54 Å². The van der Waals surface area contributed by atoms with Gasteiger partial charge in [-0.3, -0.25) is 14.3 Å². The first kappa shape index (κ1) is 19.5. The van der Waals surface area contributed by atoms with Crippen LogP contribution >= 0.6 is 15.9 Å². The van der Waals surface area contributed by atoms with Crippen molar-refractivity contribution in [1.29, 1.82) is 0 Å². The number of hydrogen-bond acceptors (Lipinski definition) is 4. The average molecular weight is 421 g/mol. The third-order valence-corrected chi connectivity index (χ3v) is 5.80. The van der Waals surface area contributed by atoms with Crippen molar-refractivity contribution in [2.45, 2.75) is 58.7 Å². The van der Waals surface area contributed by atoms with Crippen LogP contribution in [0.1, 0.15) is 51.9 Å². The van der Waals surface area contributed by atoms with Crippen LogP contribution < -0.4 is 10.9 Å². The molecule has 2 aromatic rings. The van der Waals surface area contributed by atoms with E-state index in [0.29, 0.717) is 18.0 Å². The summed E-state index contributed by atoms with van der Waals surface area (Å²) in [5.74, 6) is 0.920. The van der Waals surface area contributed by atoms with Gasteiger partial charge in [-0.05, 0) is 44.9 Å².